The molecule has 65 heavy (non-hydrogen) atoms. The van der Waals surface area contributed by atoms with Crippen molar-refractivity contribution in [3.63, 3.8) is 0 Å². The molecule has 0 bridgehead atoms. The lowest BCUT2D eigenvalue weighted by Gasteiger charge is -2.12. The summed E-state index contributed by atoms with van der Waals surface area (Å²) in [5, 5.41) is 43.3. The number of hydrazone groups is 1. The zero-order valence-corrected chi connectivity index (χ0v) is 37.0. The normalized spacial score (nSPS) is 13.2. The fourth-order valence-corrected chi connectivity index (χ4v) is 7.24. The Morgan fingerprint density at radius 3 is 1.89 bits per heavy atom. The fourth-order valence-electron chi connectivity index (χ4n) is 5.70. The number of carbonyl (C=O) groups excluding carboxylic acids is 2. The first-order valence-corrected chi connectivity index (χ1v) is 21.8. The molecule has 0 fully saturated rings. The zero-order chi connectivity index (χ0) is 48.2. The summed E-state index contributed by atoms with van der Waals surface area (Å²) in [6, 6.07) is 20.7. The topological polar surface area (TPSA) is 400 Å². The highest BCUT2D eigenvalue weighted by Crippen LogP contribution is 2.39. The molecule has 6 aromatic carbocycles. The van der Waals surface area contributed by atoms with Gasteiger partial charge in [-0.25, -0.2) is 0 Å². The first-order valence-electron chi connectivity index (χ1n) is 18.3. The van der Waals surface area contributed by atoms with Gasteiger partial charge < -0.3 is 73.4 Å². The molecule has 19 N–H and O–H groups in total. The number of nitrogens with two attached hydrogens (primary N) is 6. The standard InChI is InChI=1S/C10H9N3O2S.C10H16N2O4.C10H10N2O2S.C10H9NO5S2/c11-9-8(5-14)12-13(10(9)15)6-1-3-7(16)4-2-6;11-7-6-10(16-4-2-14)8(12)5-9(7)15-3-1-13;11-6-1-2-7-5(3-6)4-8(15-14)9(12)10(7)13;11-7-1-2-9(18(14,15)16)6-3-5(17-13)4-8(12)10(6)7/h1-5,9,16H,11H2;5-6,13-14H,1-4,11-12H2;1-4,13-14H,11-12H2;1-4,12-13H,11H2,(H,14,15,16). The second-order valence-corrected chi connectivity index (χ2v) is 16.3. The molecule has 1 aliphatic heterocycles. The molecule has 6 aromatic rings. The predicted octanol–water partition coefficient (Wildman–Crippen LogP) is 4.01. The first-order chi connectivity index (χ1) is 30.8. The van der Waals surface area contributed by atoms with Crippen LogP contribution in [0.5, 0.6) is 23.0 Å². The third-order valence-corrected chi connectivity index (χ3v) is 10.9. The van der Waals surface area contributed by atoms with Gasteiger partial charge in [-0.05, 0) is 78.2 Å². The van der Waals surface area contributed by atoms with E-state index in [0.717, 1.165) is 21.4 Å². The number of aldehydes is 1. The summed E-state index contributed by atoms with van der Waals surface area (Å²) in [5.41, 5.74) is 36.1. The van der Waals surface area contributed by atoms with Crippen molar-refractivity contribution in [3.8, 4) is 23.0 Å². The molecule has 21 nitrogen and oxygen atoms in total. The van der Waals surface area contributed by atoms with E-state index in [1.165, 1.54) is 30.3 Å². The SMILES string of the molecule is NC1C(=O)N(c2ccc(S)cc2)N=C1C=O.Nc1cc(OCCO)c(N)cc1OCCO.Nc1ccc(S(=O)(=O)O)c2cc(SO)cc(O)c12.Nc1ccc2c(O)c(N)c(SO)cc2c1. The Kier molecular flexibility index (Phi) is 18.1. The van der Waals surface area contributed by atoms with E-state index in [0.29, 0.717) is 74.9 Å². The summed E-state index contributed by atoms with van der Waals surface area (Å²) in [6.07, 6.45) is 0.496. The lowest BCUT2D eigenvalue weighted by molar-refractivity contribution is -0.118. The highest BCUT2D eigenvalue weighted by molar-refractivity contribution is 7.94. The largest absolute Gasteiger partial charge is 0.507 e. The molecule has 0 saturated heterocycles. The van der Waals surface area contributed by atoms with Crippen molar-refractivity contribution in [1.29, 1.82) is 0 Å². The van der Waals surface area contributed by atoms with E-state index in [-0.39, 0.29) is 75.6 Å². The predicted molar refractivity (Wildman–Crippen MR) is 254 cm³/mol. The average Bonchev–Trinajstić information content (AvgIpc) is 3.56. The number of ether oxygens (including phenoxy) is 2. The number of phenols is 2. The Balaban J connectivity index is 0.000000190. The number of carbonyl (C=O) groups is 2. The van der Waals surface area contributed by atoms with Gasteiger partial charge in [-0.1, -0.05) is 0 Å². The van der Waals surface area contributed by atoms with Crippen LogP contribution in [0.25, 0.3) is 21.5 Å². The number of nitrogen functional groups attached to an aromatic ring is 5. The number of anilines is 6. The molecule has 1 atom stereocenters. The molecule has 0 spiro atoms. The third-order valence-electron chi connectivity index (χ3n) is 8.74. The molecule has 1 unspecified atom stereocenters. The van der Waals surface area contributed by atoms with Crippen molar-refractivity contribution in [2.75, 3.05) is 60.1 Å². The summed E-state index contributed by atoms with van der Waals surface area (Å²) < 4.78 is 59.8. The van der Waals surface area contributed by atoms with Crippen LogP contribution < -0.4 is 48.9 Å². The number of phenolic OH excluding ortho intramolecular Hbond substituents is 2. The molecule has 1 amide bonds. The van der Waals surface area contributed by atoms with Crippen molar-refractivity contribution in [2.45, 2.75) is 25.6 Å². The molecule has 346 valence electrons. The number of aromatic hydroxyl groups is 2. The van der Waals surface area contributed by atoms with Gasteiger partial charge in [0.05, 0.1) is 40.9 Å². The molecule has 1 heterocycles. The van der Waals surface area contributed by atoms with Crippen molar-refractivity contribution in [1.82, 2.24) is 0 Å². The van der Waals surface area contributed by atoms with E-state index in [1.807, 2.05) is 0 Å². The van der Waals surface area contributed by atoms with E-state index in [9.17, 15) is 28.2 Å². The number of aliphatic hydroxyl groups is 2. The number of thiol groups is 1. The zero-order valence-electron chi connectivity index (χ0n) is 33.7. The van der Waals surface area contributed by atoms with E-state index < -0.39 is 22.1 Å². The summed E-state index contributed by atoms with van der Waals surface area (Å²) in [4.78, 5) is 23.3. The Hall–Kier alpha value is -6.39. The second-order valence-electron chi connectivity index (χ2n) is 13.2. The number of fused-ring (bicyclic) bond motifs is 2. The van der Waals surface area contributed by atoms with Crippen LogP contribution >= 0.6 is 36.7 Å². The molecule has 0 saturated carbocycles. The smallest absolute Gasteiger partial charge is 0.295 e. The van der Waals surface area contributed by atoms with Crippen LogP contribution in [0.15, 0.2) is 110 Å². The highest BCUT2D eigenvalue weighted by atomic mass is 32.2. The molecular formula is C40H44N8O13S4. The lowest BCUT2D eigenvalue weighted by Crippen LogP contribution is -2.39. The average molecular weight is 973 g/mol. The molecule has 0 aliphatic carbocycles. The van der Waals surface area contributed by atoms with Crippen LogP contribution in [0.3, 0.4) is 0 Å². The molecule has 0 radical (unpaired) electrons. The minimum absolute atomic E-state index is 0.0240. The van der Waals surface area contributed by atoms with E-state index in [2.05, 4.69) is 17.7 Å². The van der Waals surface area contributed by atoms with Gasteiger partial charge in [0.25, 0.3) is 16.0 Å². The quantitative estimate of drug-likeness (QED) is 0.0218. The van der Waals surface area contributed by atoms with E-state index >= 15 is 0 Å². The molecule has 0 aromatic heterocycles. The van der Waals surface area contributed by atoms with Gasteiger partial charge in [-0.2, -0.15) is 18.5 Å². The maximum atomic E-state index is 11.7. The van der Waals surface area contributed by atoms with Gasteiger partial charge in [0, 0.05) is 73.5 Å². The minimum atomic E-state index is -4.45. The number of hydrogen-bond acceptors (Lipinski definition) is 22. The van der Waals surface area contributed by atoms with Gasteiger partial charge >= 0.3 is 0 Å². The van der Waals surface area contributed by atoms with E-state index in [1.54, 1.807) is 48.5 Å². The summed E-state index contributed by atoms with van der Waals surface area (Å²) >= 11 is 4.98. The number of nitrogens with zero attached hydrogens (tertiary/aromatic N) is 2. The van der Waals surface area contributed by atoms with Crippen LogP contribution in [0.4, 0.5) is 34.1 Å². The summed E-state index contributed by atoms with van der Waals surface area (Å²) in [6.45, 7) is 0.116. The lowest BCUT2D eigenvalue weighted by atomic mass is 10.1. The van der Waals surface area contributed by atoms with Crippen LogP contribution in [0.2, 0.25) is 0 Å². The first kappa shape index (κ1) is 51.2. The van der Waals surface area contributed by atoms with Crippen molar-refractivity contribution in [2.24, 2.45) is 10.8 Å². The number of rotatable bonds is 11. The number of hydrogen-bond donors (Lipinski definition) is 14. The molecule has 7 rings (SSSR count). The van der Waals surface area contributed by atoms with Crippen molar-refractivity contribution >= 4 is 120 Å². The summed E-state index contributed by atoms with van der Waals surface area (Å²) in [5.74, 6) is 0.107. The molecule has 25 heteroatoms. The molecule has 1 aliphatic rings. The number of benzene rings is 6. The highest BCUT2D eigenvalue weighted by Gasteiger charge is 2.33. The maximum Gasteiger partial charge on any atom is 0.295 e. The monoisotopic (exact) mass is 972 g/mol. The van der Waals surface area contributed by atoms with Crippen molar-refractivity contribution < 1.29 is 61.6 Å². The number of amides is 1. The van der Waals surface area contributed by atoms with Crippen molar-refractivity contribution in [3.05, 3.63) is 84.9 Å². The van der Waals surface area contributed by atoms with Gasteiger partial charge in [-0.3, -0.25) is 14.1 Å². The maximum absolute atomic E-state index is 11.7. The Bertz CT molecular complexity index is 2790. The van der Waals surface area contributed by atoms with Crippen LogP contribution in [0, 0.1) is 0 Å². The Labute approximate surface area is 384 Å². The van der Waals surface area contributed by atoms with Gasteiger partial charge in [0.15, 0.2) is 6.29 Å². The van der Waals surface area contributed by atoms with Gasteiger partial charge in [-0.15, -0.1) is 12.6 Å². The van der Waals surface area contributed by atoms with Crippen LogP contribution in [0.1, 0.15) is 0 Å². The van der Waals surface area contributed by atoms with Gasteiger partial charge in [0.1, 0.15) is 52.9 Å². The second kappa shape index (κ2) is 23.0. The van der Waals surface area contributed by atoms with Gasteiger partial charge in [0.2, 0.25) is 0 Å². The Morgan fingerprint density at radius 2 is 1.38 bits per heavy atom. The third kappa shape index (κ3) is 12.9. The fraction of sp³-hybridized carbons (Fsp3) is 0.125. The number of aliphatic hydroxyl groups excluding tert-OH is 2. The Morgan fingerprint density at radius 1 is 0.785 bits per heavy atom. The van der Waals surface area contributed by atoms with Crippen LogP contribution in [-0.4, -0.2) is 92.9 Å². The summed E-state index contributed by atoms with van der Waals surface area (Å²) in [7, 11) is -4.45. The minimum Gasteiger partial charge on any atom is -0.507 e. The molecular weight excluding hydrogens is 929 g/mol. The van der Waals surface area contributed by atoms with Crippen LogP contribution in [-0.2, 0) is 19.7 Å². The van der Waals surface area contributed by atoms with E-state index in [4.69, 9.17) is 67.7 Å².